The number of benzene rings is 2. The largest absolute Gasteiger partial charge is 0.484 e. The fourth-order valence-electron chi connectivity index (χ4n) is 1.62. The summed E-state index contributed by atoms with van der Waals surface area (Å²) in [6, 6.07) is 14.9. The third-order valence-corrected chi connectivity index (χ3v) is 2.93. The third kappa shape index (κ3) is 4.03. The van der Waals surface area contributed by atoms with Crippen LogP contribution in [0.2, 0.25) is 0 Å². The number of hydrogen-bond donors (Lipinski definition) is 2. The molecule has 0 aliphatic heterocycles. The van der Waals surface area contributed by atoms with Crippen molar-refractivity contribution in [3.05, 3.63) is 54.1 Å². The standard InChI is InChI=1S/C15H15NO2S/c1-11-5-4-6-12(9-11)18-10-15(17)16-13-7-2-3-8-14(13)19/h2-9,19H,10H2,1H3,(H,16,17). The smallest absolute Gasteiger partial charge is 0.262 e. The molecule has 2 rings (SSSR count). The van der Waals surface area contributed by atoms with Gasteiger partial charge < -0.3 is 10.1 Å². The fourth-order valence-corrected chi connectivity index (χ4v) is 1.84. The van der Waals surface area contributed by atoms with Crippen LogP contribution in [0.15, 0.2) is 53.4 Å². The van der Waals surface area contributed by atoms with Gasteiger partial charge in [0.05, 0.1) is 5.69 Å². The van der Waals surface area contributed by atoms with Gasteiger partial charge in [0, 0.05) is 4.90 Å². The number of carbonyl (C=O) groups excluding carboxylic acids is 1. The van der Waals surface area contributed by atoms with Crippen LogP contribution in [0.25, 0.3) is 0 Å². The van der Waals surface area contributed by atoms with Crippen molar-refractivity contribution in [1.82, 2.24) is 0 Å². The van der Waals surface area contributed by atoms with Crippen LogP contribution >= 0.6 is 12.6 Å². The number of thiol groups is 1. The molecule has 0 fully saturated rings. The second-order valence-electron chi connectivity index (χ2n) is 4.17. The molecule has 19 heavy (non-hydrogen) atoms. The van der Waals surface area contributed by atoms with Gasteiger partial charge in [0.1, 0.15) is 5.75 Å². The summed E-state index contributed by atoms with van der Waals surface area (Å²) in [6.45, 7) is 1.95. The molecule has 0 radical (unpaired) electrons. The van der Waals surface area contributed by atoms with Crippen molar-refractivity contribution >= 4 is 24.2 Å². The number of amides is 1. The van der Waals surface area contributed by atoms with Crippen LogP contribution in [0.3, 0.4) is 0 Å². The topological polar surface area (TPSA) is 38.3 Å². The normalized spacial score (nSPS) is 10.0. The minimum absolute atomic E-state index is 0.0223. The molecule has 0 bridgehead atoms. The molecule has 0 saturated carbocycles. The summed E-state index contributed by atoms with van der Waals surface area (Å²) in [6.07, 6.45) is 0. The van der Waals surface area contributed by atoms with Gasteiger partial charge in [-0.2, -0.15) is 0 Å². The fraction of sp³-hybridized carbons (Fsp3) is 0.133. The Bertz CT molecular complexity index is 584. The van der Waals surface area contributed by atoms with E-state index in [1.807, 2.05) is 49.4 Å². The first kappa shape index (κ1) is 13.5. The van der Waals surface area contributed by atoms with E-state index in [0.29, 0.717) is 11.4 Å². The maximum atomic E-state index is 11.8. The Morgan fingerprint density at radius 3 is 2.74 bits per heavy atom. The average Bonchev–Trinajstić information content (AvgIpc) is 2.39. The molecule has 2 aromatic carbocycles. The number of anilines is 1. The summed E-state index contributed by atoms with van der Waals surface area (Å²) in [5, 5.41) is 2.75. The Hall–Kier alpha value is -1.94. The molecule has 2 aromatic rings. The van der Waals surface area contributed by atoms with Crippen LogP contribution in [0.1, 0.15) is 5.56 Å². The van der Waals surface area contributed by atoms with Crippen molar-refractivity contribution in [3.63, 3.8) is 0 Å². The van der Waals surface area contributed by atoms with Gasteiger partial charge in [-0.25, -0.2) is 0 Å². The van der Waals surface area contributed by atoms with Crippen LogP contribution in [-0.4, -0.2) is 12.5 Å². The number of aryl methyl sites for hydroxylation is 1. The summed E-state index contributed by atoms with van der Waals surface area (Å²) >= 11 is 4.27. The van der Waals surface area contributed by atoms with Crippen molar-refractivity contribution in [3.8, 4) is 5.75 Å². The highest BCUT2D eigenvalue weighted by Gasteiger charge is 2.05. The van der Waals surface area contributed by atoms with E-state index >= 15 is 0 Å². The van der Waals surface area contributed by atoms with E-state index < -0.39 is 0 Å². The van der Waals surface area contributed by atoms with Crippen LogP contribution in [0.4, 0.5) is 5.69 Å². The quantitative estimate of drug-likeness (QED) is 0.839. The molecule has 1 amide bonds. The van der Waals surface area contributed by atoms with Crippen LogP contribution in [0, 0.1) is 6.92 Å². The lowest BCUT2D eigenvalue weighted by Crippen LogP contribution is -2.20. The molecule has 0 aliphatic rings. The first-order chi connectivity index (χ1) is 9.15. The molecular formula is C15H15NO2S. The molecule has 0 aromatic heterocycles. The summed E-state index contributed by atoms with van der Waals surface area (Å²) in [7, 11) is 0. The summed E-state index contributed by atoms with van der Waals surface area (Å²) < 4.78 is 5.42. The van der Waals surface area contributed by atoms with E-state index in [1.54, 1.807) is 6.07 Å². The second-order valence-corrected chi connectivity index (χ2v) is 4.65. The van der Waals surface area contributed by atoms with E-state index in [-0.39, 0.29) is 12.5 Å². The van der Waals surface area contributed by atoms with Crippen molar-refractivity contribution in [2.24, 2.45) is 0 Å². The molecule has 0 atom stereocenters. The number of carbonyl (C=O) groups is 1. The van der Waals surface area contributed by atoms with E-state index in [4.69, 9.17) is 4.74 Å². The number of nitrogens with one attached hydrogen (secondary N) is 1. The molecule has 0 heterocycles. The molecule has 0 aliphatic carbocycles. The average molecular weight is 273 g/mol. The zero-order valence-electron chi connectivity index (χ0n) is 10.6. The van der Waals surface area contributed by atoms with Crippen LogP contribution in [-0.2, 0) is 4.79 Å². The lowest BCUT2D eigenvalue weighted by Gasteiger charge is -2.09. The van der Waals surface area contributed by atoms with Crippen LogP contribution in [0.5, 0.6) is 5.75 Å². The van der Waals surface area contributed by atoms with Gasteiger partial charge >= 0.3 is 0 Å². The minimum atomic E-state index is -0.206. The predicted octanol–water partition coefficient (Wildman–Crippen LogP) is 3.30. The zero-order valence-corrected chi connectivity index (χ0v) is 11.5. The summed E-state index contributed by atoms with van der Waals surface area (Å²) in [4.78, 5) is 12.5. The molecule has 0 saturated heterocycles. The molecule has 98 valence electrons. The van der Waals surface area contributed by atoms with Crippen molar-refractivity contribution in [2.75, 3.05) is 11.9 Å². The number of rotatable bonds is 4. The maximum Gasteiger partial charge on any atom is 0.262 e. The van der Waals surface area contributed by atoms with Crippen LogP contribution < -0.4 is 10.1 Å². The Morgan fingerprint density at radius 2 is 2.00 bits per heavy atom. The first-order valence-corrected chi connectivity index (χ1v) is 6.37. The lowest BCUT2D eigenvalue weighted by atomic mass is 10.2. The molecule has 0 unspecified atom stereocenters. The highest BCUT2D eigenvalue weighted by molar-refractivity contribution is 7.80. The number of para-hydroxylation sites is 1. The predicted molar refractivity (Wildman–Crippen MR) is 79.0 cm³/mol. The molecule has 4 heteroatoms. The van der Waals surface area contributed by atoms with Crippen molar-refractivity contribution in [1.29, 1.82) is 0 Å². The van der Waals surface area contributed by atoms with Gasteiger partial charge in [0.2, 0.25) is 0 Å². The van der Waals surface area contributed by atoms with Gasteiger partial charge in [-0.05, 0) is 36.8 Å². The SMILES string of the molecule is Cc1cccc(OCC(=O)Nc2ccccc2S)c1. The lowest BCUT2D eigenvalue weighted by molar-refractivity contribution is -0.118. The van der Waals surface area contributed by atoms with Gasteiger partial charge in [-0.15, -0.1) is 12.6 Å². The molecule has 3 nitrogen and oxygen atoms in total. The highest BCUT2D eigenvalue weighted by atomic mass is 32.1. The Balaban J connectivity index is 1.90. The third-order valence-electron chi connectivity index (χ3n) is 2.54. The Morgan fingerprint density at radius 1 is 1.21 bits per heavy atom. The van der Waals surface area contributed by atoms with E-state index in [0.717, 1.165) is 10.5 Å². The van der Waals surface area contributed by atoms with Gasteiger partial charge in [-0.3, -0.25) is 4.79 Å². The molecule has 1 N–H and O–H groups in total. The van der Waals surface area contributed by atoms with E-state index in [1.165, 1.54) is 0 Å². The Kier molecular flexibility index (Phi) is 4.47. The van der Waals surface area contributed by atoms with Crippen molar-refractivity contribution in [2.45, 2.75) is 11.8 Å². The van der Waals surface area contributed by atoms with E-state index in [2.05, 4.69) is 17.9 Å². The number of ether oxygens (including phenoxy) is 1. The zero-order chi connectivity index (χ0) is 13.7. The highest BCUT2D eigenvalue weighted by Crippen LogP contribution is 2.18. The monoisotopic (exact) mass is 273 g/mol. The van der Waals surface area contributed by atoms with Gasteiger partial charge in [0.15, 0.2) is 6.61 Å². The maximum absolute atomic E-state index is 11.8. The second kappa shape index (κ2) is 6.29. The molecule has 0 spiro atoms. The van der Waals surface area contributed by atoms with Crippen molar-refractivity contribution < 1.29 is 9.53 Å². The molecular weight excluding hydrogens is 258 g/mol. The Labute approximate surface area is 118 Å². The van der Waals surface area contributed by atoms with Gasteiger partial charge in [0.25, 0.3) is 5.91 Å². The first-order valence-electron chi connectivity index (χ1n) is 5.92. The van der Waals surface area contributed by atoms with E-state index in [9.17, 15) is 4.79 Å². The van der Waals surface area contributed by atoms with Gasteiger partial charge in [-0.1, -0.05) is 24.3 Å². The number of hydrogen-bond acceptors (Lipinski definition) is 3. The summed E-state index contributed by atoms with van der Waals surface area (Å²) in [5.74, 6) is 0.484. The minimum Gasteiger partial charge on any atom is -0.484 e. The summed E-state index contributed by atoms with van der Waals surface area (Å²) in [5.41, 5.74) is 1.78.